The zero-order chi connectivity index (χ0) is 19.3. The van der Waals surface area contributed by atoms with Crippen molar-refractivity contribution in [3.8, 4) is 5.69 Å². The van der Waals surface area contributed by atoms with Crippen LogP contribution < -0.4 is 5.32 Å². The molecular formula is C20H30N6O. The van der Waals surface area contributed by atoms with E-state index >= 15 is 0 Å². The van der Waals surface area contributed by atoms with Gasteiger partial charge in [-0.2, -0.15) is 0 Å². The Labute approximate surface area is 161 Å². The van der Waals surface area contributed by atoms with Crippen LogP contribution in [0.2, 0.25) is 0 Å². The molecule has 0 saturated carbocycles. The Morgan fingerprint density at radius 2 is 2.07 bits per heavy atom. The van der Waals surface area contributed by atoms with Crippen molar-refractivity contribution in [2.75, 3.05) is 19.6 Å². The largest absolute Gasteiger partial charge is 0.354 e. The highest BCUT2D eigenvalue weighted by Gasteiger charge is 2.31. The summed E-state index contributed by atoms with van der Waals surface area (Å²) in [6.07, 6.45) is 5.75. The van der Waals surface area contributed by atoms with E-state index in [1.165, 1.54) is 19.3 Å². The Morgan fingerprint density at radius 1 is 1.30 bits per heavy atom. The molecule has 1 N–H and O–H groups in total. The van der Waals surface area contributed by atoms with E-state index in [9.17, 15) is 4.79 Å². The first kappa shape index (κ1) is 19.5. The summed E-state index contributed by atoms with van der Waals surface area (Å²) in [6, 6.07) is 7.72. The molecule has 1 aromatic carbocycles. The number of nitrogens with zero attached hydrogens (tertiary/aromatic N) is 5. The van der Waals surface area contributed by atoms with Gasteiger partial charge in [0.05, 0.1) is 12.1 Å². The molecular weight excluding hydrogens is 340 g/mol. The van der Waals surface area contributed by atoms with Crippen molar-refractivity contribution in [1.82, 2.24) is 30.4 Å². The first-order chi connectivity index (χ1) is 13.0. The van der Waals surface area contributed by atoms with Crippen LogP contribution in [-0.4, -0.2) is 56.2 Å². The minimum Gasteiger partial charge on any atom is -0.354 e. The van der Waals surface area contributed by atoms with Crippen molar-refractivity contribution in [3.63, 3.8) is 0 Å². The third-order valence-electron chi connectivity index (χ3n) is 5.59. The highest BCUT2D eigenvalue weighted by molar-refractivity contribution is 5.78. The monoisotopic (exact) mass is 370 g/mol. The average molecular weight is 371 g/mol. The topological polar surface area (TPSA) is 75.9 Å². The first-order valence-corrected chi connectivity index (χ1v) is 9.82. The summed E-state index contributed by atoms with van der Waals surface area (Å²) in [5.41, 5.74) is 1.83. The number of hydrogen-bond acceptors (Lipinski definition) is 5. The van der Waals surface area contributed by atoms with E-state index in [2.05, 4.69) is 46.5 Å². The summed E-state index contributed by atoms with van der Waals surface area (Å²) < 4.78 is 1.59. The molecule has 1 aromatic heterocycles. The van der Waals surface area contributed by atoms with Gasteiger partial charge in [0.25, 0.3) is 0 Å². The fourth-order valence-electron chi connectivity index (χ4n) is 3.67. The third-order valence-corrected chi connectivity index (χ3v) is 5.59. The van der Waals surface area contributed by atoms with Crippen molar-refractivity contribution in [3.05, 3.63) is 36.2 Å². The molecule has 2 heterocycles. The van der Waals surface area contributed by atoms with Gasteiger partial charge in [0.1, 0.15) is 6.33 Å². The van der Waals surface area contributed by atoms with Crippen LogP contribution in [0.15, 0.2) is 30.6 Å². The van der Waals surface area contributed by atoms with Gasteiger partial charge in [0.2, 0.25) is 5.91 Å². The summed E-state index contributed by atoms with van der Waals surface area (Å²) in [4.78, 5) is 14.9. The van der Waals surface area contributed by atoms with E-state index in [1.54, 1.807) is 11.0 Å². The second kappa shape index (κ2) is 8.61. The molecule has 1 saturated heterocycles. The van der Waals surface area contributed by atoms with E-state index in [1.807, 2.05) is 24.3 Å². The molecule has 146 valence electrons. The van der Waals surface area contributed by atoms with Crippen molar-refractivity contribution >= 4 is 5.91 Å². The molecule has 0 aliphatic carbocycles. The van der Waals surface area contributed by atoms with Crippen LogP contribution >= 0.6 is 0 Å². The molecule has 0 spiro atoms. The number of nitrogens with one attached hydrogen (secondary N) is 1. The van der Waals surface area contributed by atoms with Crippen LogP contribution in [0.25, 0.3) is 5.69 Å². The lowest BCUT2D eigenvalue weighted by Crippen LogP contribution is -2.55. The first-order valence-electron chi connectivity index (χ1n) is 9.82. The standard InChI is InChI=1S/C20H30N6O/c1-4-16-6-5-11-25(13-16)20(2,3)14-21-19(27)12-17-7-9-18(10-8-17)26-15-22-23-24-26/h7-10,15-16H,4-6,11-14H2,1-3H3,(H,21,27). The number of likely N-dealkylation sites (tertiary alicyclic amines) is 1. The molecule has 3 rings (SSSR count). The fourth-order valence-corrected chi connectivity index (χ4v) is 3.67. The third kappa shape index (κ3) is 5.13. The zero-order valence-electron chi connectivity index (χ0n) is 16.6. The molecule has 0 radical (unpaired) electrons. The molecule has 1 aliphatic rings. The second-order valence-corrected chi connectivity index (χ2v) is 8.05. The number of piperidine rings is 1. The summed E-state index contributed by atoms with van der Waals surface area (Å²) in [5.74, 6) is 0.842. The summed E-state index contributed by atoms with van der Waals surface area (Å²) >= 11 is 0. The molecule has 7 heteroatoms. The van der Waals surface area contributed by atoms with E-state index in [0.717, 1.165) is 30.3 Å². The minimum absolute atomic E-state index is 0.0204. The maximum atomic E-state index is 12.4. The van der Waals surface area contributed by atoms with Crippen LogP contribution in [0, 0.1) is 5.92 Å². The van der Waals surface area contributed by atoms with Gasteiger partial charge in [-0.05, 0) is 67.3 Å². The number of hydrogen-bond donors (Lipinski definition) is 1. The Hall–Kier alpha value is -2.28. The highest BCUT2D eigenvalue weighted by Crippen LogP contribution is 2.25. The smallest absolute Gasteiger partial charge is 0.224 e. The lowest BCUT2D eigenvalue weighted by molar-refractivity contribution is -0.121. The Bertz CT molecular complexity index is 725. The number of rotatable bonds is 7. The van der Waals surface area contributed by atoms with Crippen molar-refractivity contribution in [1.29, 1.82) is 0 Å². The highest BCUT2D eigenvalue weighted by atomic mass is 16.1. The van der Waals surface area contributed by atoms with Crippen molar-refractivity contribution < 1.29 is 4.79 Å². The van der Waals surface area contributed by atoms with Crippen LogP contribution in [0.4, 0.5) is 0 Å². The molecule has 1 amide bonds. The number of carbonyl (C=O) groups is 1. The second-order valence-electron chi connectivity index (χ2n) is 8.05. The van der Waals surface area contributed by atoms with Crippen LogP contribution in [0.5, 0.6) is 0 Å². The van der Waals surface area contributed by atoms with Gasteiger partial charge in [-0.15, -0.1) is 5.10 Å². The van der Waals surface area contributed by atoms with Gasteiger partial charge in [-0.3, -0.25) is 9.69 Å². The predicted molar refractivity (Wildman–Crippen MR) is 105 cm³/mol. The molecule has 1 unspecified atom stereocenters. The van der Waals surface area contributed by atoms with Crippen LogP contribution in [0.1, 0.15) is 45.6 Å². The molecule has 1 atom stereocenters. The van der Waals surface area contributed by atoms with E-state index in [0.29, 0.717) is 13.0 Å². The van der Waals surface area contributed by atoms with Gasteiger partial charge in [-0.1, -0.05) is 25.5 Å². The van der Waals surface area contributed by atoms with E-state index in [-0.39, 0.29) is 11.4 Å². The maximum Gasteiger partial charge on any atom is 0.224 e. The molecule has 7 nitrogen and oxygen atoms in total. The lowest BCUT2D eigenvalue weighted by atomic mass is 9.91. The summed E-state index contributed by atoms with van der Waals surface area (Å²) in [5, 5.41) is 14.2. The van der Waals surface area contributed by atoms with Gasteiger partial charge in [-0.25, -0.2) is 4.68 Å². The van der Waals surface area contributed by atoms with E-state index < -0.39 is 0 Å². The predicted octanol–water partition coefficient (Wildman–Crippen LogP) is 2.22. The number of carbonyl (C=O) groups excluding carboxylic acids is 1. The van der Waals surface area contributed by atoms with Crippen LogP contribution in [-0.2, 0) is 11.2 Å². The number of tetrazole rings is 1. The fraction of sp³-hybridized carbons (Fsp3) is 0.600. The Kier molecular flexibility index (Phi) is 6.21. The number of benzene rings is 1. The normalized spacial score (nSPS) is 18.4. The summed E-state index contributed by atoms with van der Waals surface area (Å²) in [7, 11) is 0. The number of amides is 1. The number of aromatic nitrogens is 4. The van der Waals surface area contributed by atoms with Gasteiger partial charge in [0.15, 0.2) is 0 Å². The Morgan fingerprint density at radius 3 is 2.74 bits per heavy atom. The average Bonchev–Trinajstić information content (AvgIpc) is 3.22. The van der Waals surface area contributed by atoms with Crippen LogP contribution in [0.3, 0.4) is 0 Å². The summed E-state index contributed by atoms with van der Waals surface area (Å²) in [6.45, 7) is 9.66. The molecule has 27 heavy (non-hydrogen) atoms. The molecule has 1 aliphatic heterocycles. The van der Waals surface area contributed by atoms with Gasteiger partial charge < -0.3 is 5.32 Å². The lowest BCUT2D eigenvalue weighted by Gasteiger charge is -2.43. The van der Waals surface area contributed by atoms with Gasteiger partial charge in [0, 0.05) is 18.6 Å². The molecule has 1 fully saturated rings. The quantitative estimate of drug-likeness (QED) is 0.809. The zero-order valence-corrected chi connectivity index (χ0v) is 16.6. The SMILES string of the molecule is CCC1CCCN(C(C)(C)CNC(=O)Cc2ccc(-n3cnnn3)cc2)C1. The molecule has 2 aromatic rings. The maximum absolute atomic E-state index is 12.4. The van der Waals surface area contributed by atoms with Gasteiger partial charge >= 0.3 is 0 Å². The van der Waals surface area contributed by atoms with Crippen molar-refractivity contribution in [2.45, 2.75) is 52.0 Å². The van der Waals surface area contributed by atoms with E-state index in [4.69, 9.17) is 0 Å². The minimum atomic E-state index is -0.0204. The van der Waals surface area contributed by atoms with Crippen molar-refractivity contribution in [2.24, 2.45) is 5.92 Å². The Balaban J connectivity index is 1.50. The molecule has 0 bridgehead atoms.